The zero-order valence-corrected chi connectivity index (χ0v) is 11.8. The van der Waals surface area contributed by atoms with Crippen LogP contribution >= 0.6 is 0 Å². The Morgan fingerprint density at radius 1 is 1.10 bits per heavy atom. The molecule has 1 rings (SSSR count). The van der Waals surface area contributed by atoms with Crippen molar-refractivity contribution < 1.29 is 28.6 Å². The van der Waals surface area contributed by atoms with Gasteiger partial charge < -0.3 is 19.9 Å². The minimum absolute atomic E-state index is 0.143. The molecule has 114 valence electrons. The summed E-state index contributed by atoms with van der Waals surface area (Å²) in [6, 6.07) is 3.43. The van der Waals surface area contributed by atoms with Gasteiger partial charge in [0.05, 0.1) is 19.8 Å². The van der Waals surface area contributed by atoms with Gasteiger partial charge in [-0.25, -0.2) is 9.59 Å². The van der Waals surface area contributed by atoms with Crippen molar-refractivity contribution in [3.05, 3.63) is 23.8 Å². The van der Waals surface area contributed by atoms with Crippen LogP contribution in [0.25, 0.3) is 0 Å². The van der Waals surface area contributed by atoms with Gasteiger partial charge in [-0.15, -0.1) is 0 Å². The van der Waals surface area contributed by atoms with Crippen LogP contribution in [0.1, 0.15) is 17.3 Å². The molecule has 3 N–H and O–H groups in total. The summed E-state index contributed by atoms with van der Waals surface area (Å²) in [5, 5.41) is 1.82. The second-order valence-corrected chi connectivity index (χ2v) is 4.00. The number of amides is 3. The van der Waals surface area contributed by atoms with Crippen molar-refractivity contribution in [2.75, 3.05) is 14.2 Å². The van der Waals surface area contributed by atoms with Gasteiger partial charge in [-0.3, -0.25) is 10.1 Å². The van der Waals surface area contributed by atoms with Crippen LogP contribution in [-0.4, -0.2) is 38.2 Å². The van der Waals surface area contributed by atoms with Gasteiger partial charge in [-0.1, -0.05) is 0 Å². The molecule has 0 aromatic heterocycles. The molecular weight excluding hydrogens is 280 g/mol. The van der Waals surface area contributed by atoms with E-state index in [-0.39, 0.29) is 5.56 Å². The lowest BCUT2D eigenvalue weighted by molar-refractivity contribution is -0.127. The maximum Gasteiger partial charge on any atom is 0.339 e. The van der Waals surface area contributed by atoms with Crippen molar-refractivity contribution in [3.8, 4) is 11.5 Å². The number of imide groups is 1. The van der Waals surface area contributed by atoms with E-state index in [0.717, 1.165) is 0 Å². The molecule has 3 amide bonds. The van der Waals surface area contributed by atoms with Crippen LogP contribution in [0.4, 0.5) is 4.79 Å². The Morgan fingerprint density at radius 2 is 1.62 bits per heavy atom. The summed E-state index contributed by atoms with van der Waals surface area (Å²) < 4.78 is 15.0. The zero-order valence-electron chi connectivity index (χ0n) is 11.8. The monoisotopic (exact) mass is 296 g/mol. The first-order chi connectivity index (χ1) is 9.87. The molecule has 0 bridgehead atoms. The normalized spacial score (nSPS) is 11.2. The molecule has 8 nitrogen and oxygen atoms in total. The van der Waals surface area contributed by atoms with E-state index in [9.17, 15) is 14.4 Å². The highest BCUT2D eigenvalue weighted by Gasteiger charge is 2.20. The number of esters is 1. The number of rotatable bonds is 5. The average molecular weight is 296 g/mol. The largest absolute Gasteiger partial charge is 0.497 e. The quantitative estimate of drug-likeness (QED) is 0.762. The third kappa shape index (κ3) is 4.68. The standard InChI is InChI=1S/C13H16N2O6/c1-7(11(16)15-13(14)18)21-12(17)8-4-9(19-2)6-10(5-8)20-3/h4-7H,1-3H3,(H3,14,15,16,18)/t7-/m1/s1. The fourth-order valence-corrected chi connectivity index (χ4v) is 1.43. The average Bonchev–Trinajstić information content (AvgIpc) is 2.45. The van der Waals surface area contributed by atoms with Gasteiger partial charge in [0.2, 0.25) is 0 Å². The Balaban J connectivity index is 2.84. The lowest BCUT2D eigenvalue weighted by atomic mass is 10.2. The lowest BCUT2D eigenvalue weighted by Gasteiger charge is -2.13. The number of nitrogens with one attached hydrogen (secondary N) is 1. The Bertz CT molecular complexity index is 535. The molecule has 0 aliphatic heterocycles. The van der Waals surface area contributed by atoms with Gasteiger partial charge in [0.1, 0.15) is 11.5 Å². The lowest BCUT2D eigenvalue weighted by Crippen LogP contribution is -2.42. The Labute approximate surface area is 121 Å². The minimum Gasteiger partial charge on any atom is -0.497 e. The van der Waals surface area contributed by atoms with Gasteiger partial charge in [-0.2, -0.15) is 0 Å². The van der Waals surface area contributed by atoms with Crippen LogP contribution in [0.3, 0.4) is 0 Å². The van der Waals surface area contributed by atoms with E-state index in [1.807, 2.05) is 5.32 Å². The zero-order chi connectivity index (χ0) is 16.0. The molecule has 0 radical (unpaired) electrons. The summed E-state index contributed by atoms with van der Waals surface area (Å²) in [4.78, 5) is 33.9. The maximum absolute atomic E-state index is 12.0. The number of nitrogens with two attached hydrogens (primary N) is 1. The number of methoxy groups -OCH3 is 2. The SMILES string of the molecule is COc1cc(OC)cc(C(=O)O[C@H](C)C(=O)NC(N)=O)c1. The number of carbonyl (C=O) groups is 3. The predicted octanol–water partition coefficient (Wildman–Crippen LogP) is 0.444. The molecular formula is C13H16N2O6. The highest BCUT2D eigenvalue weighted by molar-refractivity contribution is 5.98. The molecule has 0 unspecified atom stereocenters. The summed E-state index contributed by atoms with van der Waals surface area (Å²) >= 11 is 0. The molecule has 0 fully saturated rings. The van der Waals surface area contributed by atoms with Crippen molar-refractivity contribution in [1.82, 2.24) is 5.32 Å². The molecule has 0 saturated carbocycles. The number of hydrogen-bond acceptors (Lipinski definition) is 6. The summed E-state index contributed by atoms with van der Waals surface area (Å²) in [5.41, 5.74) is 4.95. The second kappa shape index (κ2) is 7.13. The minimum atomic E-state index is -1.18. The number of primary amides is 1. The fraction of sp³-hybridized carbons (Fsp3) is 0.308. The summed E-state index contributed by atoms with van der Waals surface area (Å²) in [6.45, 7) is 1.31. The van der Waals surface area contributed by atoms with Crippen molar-refractivity contribution in [3.63, 3.8) is 0 Å². The summed E-state index contributed by atoms with van der Waals surface area (Å²) in [6.07, 6.45) is -1.18. The van der Waals surface area contributed by atoms with Gasteiger partial charge in [0.15, 0.2) is 6.10 Å². The molecule has 8 heteroatoms. The fourth-order valence-electron chi connectivity index (χ4n) is 1.43. The topological polar surface area (TPSA) is 117 Å². The highest BCUT2D eigenvalue weighted by Crippen LogP contribution is 2.23. The molecule has 1 aromatic rings. The molecule has 0 aliphatic rings. The highest BCUT2D eigenvalue weighted by atomic mass is 16.5. The van der Waals surface area contributed by atoms with Crippen LogP contribution in [-0.2, 0) is 9.53 Å². The predicted molar refractivity (Wildman–Crippen MR) is 72.1 cm³/mol. The van der Waals surface area contributed by atoms with E-state index in [1.54, 1.807) is 6.07 Å². The molecule has 1 atom stereocenters. The Hall–Kier alpha value is -2.77. The molecule has 0 heterocycles. The van der Waals surface area contributed by atoms with Gasteiger partial charge in [0, 0.05) is 6.07 Å². The van der Waals surface area contributed by atoms with Gasteiger partial charge in [0.25, 0.3) is 5.91 Å². The van der Waals surface area contributed by atoms with E-state index in [1.165, 1.54) is 33.3 Å². The van der Waals surface area contributed by atoms with Crippen LogP contribution in [0.5, 0.6) is 11.5 Å². The first kappa shape index (κ1) is 16.3. The van der Waals surface area contributed by atoms with Crippen LogP contribution in [0, 0.1) is 0 Å². The molecule has 0 saturated heterocycles. The van der Waals surface area contributed by atoms with E-state index in [0.29, 0.717) is 11.5 Å². The van der Waals surface area contributed by atoms with Crippen molar-refractivity contribution in [2.45, 2.75) is 13.0 Å². The van der Waals surface area contributed by atoms with Crippen molar-refractivity contribution in [1.29, 1.82) is 0 Å². The smallest absolute Gasteiger partial charge is 0.339 e. The van der Waals surface area contributed by atoms with Crippen LogP contribution < -0.4 is 20.5 Å². The Morgan fingerprint density at radius 3 is 2.05 bits per heavy atom. The number of benzene rings is 1. The third-order valence-electron chi connectivity index (χ3n) is 2.49. The summed E-state index contributed by atoms with van der Waals surface area (Å²) in [5.74, 6) is -0.781. The van der Waals surface area contributed by atoms with E-state index >= 15 is 0 Å². The van der Waals surface area contributed by atoms with Crippen LogP contribution in [0.2, 0.25) is 0 Å². The first-order valence-electron chi connectivity index (χ1n) is 5.91. The Kier molecular flexibility index (Phi) is 5.53. The van der Waals surface area contributed by atoms with Gasteiger partial charge in [-0.05, 0) is 19.1 Å². The summed E-state index contributed by atoms with van der Waals surface area (Å²) in [7, 11) is 2.87. The first-order valence-corrected chi connectivity index (χ1v) is 5.91. The van der Waals surface area contributed by atoms with E-state index < -0.39 is 24.0 Å². The van der Waals surface area contributed by atoms with Gasteiger partial charge >= 0.3 is 12.0 Å². The third-order valence-corrected chi connectivity index (χ3v) is 2.49. The number of carbonyl (C=O) groups excluding carboxylic acids is 3. The number of urea groups is 1. The molecule has 1 aromatic carbocycles. The molecule has 0 spiro atoms. The number of hydrogen-bond donors (Lipinski definition) is 2. The molecule has 0 aliphatic carbocycles. The van der Waals surface area contributed by atoms with E-state index in [4.69, 9.17) is 19.9 Å². The van der Waals surface area contributed by atoms with E-state index in [2.05, 4.69) is 0 Å². The second-order valence-electron chi connectivity index (χ2n) is 4.00. The number of ether oxygens (including phenoxy) is 3. The molecule has 21 heavy (non-hydrogen) atoms. The van der Waals surface area contributed by atoms with Crippen molar-refractivity contribution in [2.24, 2.45) is 5.73 Å². The van der Waals surface area contributed by atoms with Crippen molar-refractivity contribution >= 4 is 17.9 Å². The van der Waals surface area contributed by atoms with Crippen LogP contribution in [0.15, 0.2) is 18.2 Å². The maximum atomic E-state index is 12.0.